The summed E-state index contributed by atoms with van der Waals surface area (Å²) in [5, 5.41) is 0. The van der Waals surface area contributed by atoms with Crippen molar-refractivity contribution >= 4 is 11.5 Å². The predicted octanol–water partition coefficient (Wildman–Crippen LogP) is 4.04. The van der Waals surface area contributed by atoms with Crippen LogP contribution in [0.2, 0.25) is 0 Å². The highest BCUT2D eigenvalue weighted by molar-refractivity contribution is 6.12. The van der Waals surface area contributed by atoms with Gasteiger partial charge in [-0.25, -0.2) is 0 Å². The van der Waals surface area contributed by atoms with Crippen molar-refractivity contribution in [2.24, 2.45) is 0 Å². The molecule has 0 atom stereocenters. The lowest BCUT2D eigenvalue weighted by Gasteiger charge is -2.16. The van der Waals surface area contributed by atoms with E-state index in [-0.39, 0.29) is 5.78 Å². The van der Waals surface area contributed by atoms with E-state index in [0.29, 0.717) is 11.3 Å². The van der Waals surface area contributed by atoms with E-state index in [2.05, 4.69) is 6.07 Å². The number of carbonyl (C=O) groups is 1. The van der Waals surface area contributed by atoms with Crippen LogP contribution < -0.4 is 5.73 Å². The summed E-state index contributed by atoms with van der Waals surface area (Å²) in [6.45, 7) is 10.0. The monoisotopic (exact) mass is 267 g/mol. The van der Waals surface area contributed by atoms with Crippen LogP contribution in [0.4, 0.5) is 5.69 Å². The Balaban J connectivity index is 2.69. The van der Waals surface area contributed by atoms with Crippen molar-refractivity contribution in [2.45, 2.75) is 34.6 Å². The molecule has 2 N–H and O–H groups in total. The van der Waals surface area contributed by atoms with Crippen LogP contribution in [0.25, 0.3) is 0 Å². The minimum atomic E-state index is 0.0663. The average Bonchev–Trinajstić information content (AvgIpc) is 2.40. The zero-order chi connectivity index (χ0) is 15.0. The fourth-order valence-electron chi connectivity index (χ4n) is 2.59. The van der Waals surface area contributed by atoms with Crippen molar-refractivity contribution in [1.29, 1.82) is 0 Å². The zero-order valence-electron chi connectivity index (χ0n) is 12.8. The van der Waals surface area contributed by atoms with Gasteiger partial charge in [-0.2, -0.15) is 0 Å². The topological polar surface area (TPSA) is 43.1 Å². The van der Waals surface area contributed by atoms with Gasteiger partial charge in [0.15, 0.2) is 5.78 Å². The third-order valence-corrected chi connectivity index (χ3v) is 4.21. The van der Waals surface area contributed by atoms with Gasteiger partial charge in [-0.3, -0.25) is 4.79 Å². The Morgan fingerprint density at radius 3 is 2.00 bits per heavy atom. The summed E-state index contributed by atoms with van der Waals surface area (Å²) in [5.41, 5.74) is 13.4. The van der Waals surface area contributed by atoms with E-state index in [0.717, 1.165) is 33.4 Å². The highest BCUT2D eigenvalue weighted by Gasteiger charge is 2.19. The molecule has 0 radical (unpaired) electrons. The van der Waals surface area contributed by atoms with Gasteiger partial charge in [-0.1, -0.05) is 18.2 Å². The molecule has 0 spiro atoms. The molecule has 0 saturated carbocycles. The van der Waals surface area contributed by atoms with E-state index in [9.17, 15) is 4.79 Å². The van der Waals surface area contributed by atoms with Gasteiger partial charge in [0.05, 0.1) is 0 Å². The first-order valence-corrected chi connectivity index (χ1v) is 6.81. The quantitative estimate of drug-likeness (QED) is 0.659. The van der Waals surface area contributed by atoms with Gasteiger partial charge in [-0.15, -0.1) is 0 Å². The number of hydrogen-bond donors (Lipinski definition) is 1. The maximum atomic E-state index is 12.9. The second-order valence-electron chi connectivity index (χ2n) is 5.48. The maximum absolute atomic E-state index is 12.9. The van der Waals surface area contributed by atoms with E-state index in [1.54, 1.807) is 0 Å². The Labute approximate surface area is 120 Å². The van der Waals surface area contributed by atoms with E-state index in [4.69, 9.17) is 5.73 Å². The molecular formula is C18H21NO. The van der Waals surface area contributed by atoms with Crippen molar-refractivity contribution < 1.29 is 4.79 Å². The van der Waals surface area contributed by atoms with Crippen molar-refractivity contribution in [3.63, 3.8) is 0 Å². The van der Waals surface area contributed by atoms with E-state index in [1.807, 2.05) is 52.8 Å². The fourth-order valence-corrected chi connectivity index (χ4v) is 2.59. The SMILES string of the molecule is Cc1cc(C)c(C)c(C(=O)c2cccc(N)c2C)c1C. The molecule has 2 rings (SSSR count). The van der Waals surface area contributed by atoms with E-state index >= 15 is 0 Å². The molecule has 20 heavy (non-hydrogen) atoms. The number of hydrogen-bond acceptors (Lipinski definition) is 2. The van der Waals surface area contributed by atoms with Gasteiger partial charge in [0.25, 0.3) is 0 Å². The van der Waals surface area contributed by atoms with E-state index < -0.39 is 0 Å². The molecule has 104 valence electrons. The average molecular weight is 267 g/mol. The third kappa shape index (κ3) is 2.22. The molecule has 0 aromatic heterocycles. The van der Waals surface area contributed by atoms with Gasteiger partial charge in [0.2, 0.25) is 0 Å². The summed E-state index contributed by atoms with van der Waals surface area (Å²) in [6, 6.07) is 7.65. The van der Waals surface area contributed by atoms with Crippen molar-refractivity contribution in [3.05, 3.63) is 63.2 Å². The molecule has 2 aromatic rings. The minimum Gasteiger partial charge on any atom is -0.398 e. The molecule has 0 heterocycles. The summed E-state index contributed by atoms with van der Waals surface area (Å²) in [4.78, 5) is 12.9. The Morgan fingerprint density at radius 2 is 1.45 bits per heavy atom. The van der Waals surface area contributed by atoms with Crippen molar-refractivity contribution in [2.75, 3.05) is 5.73 Å². The van der Waals surface area contributed by atoms with E-state index in [1.165, 1.54) is 0 Å². The second kappa shape index (κ2) is 5.12. The first-order valence-electron chi connectivity index (χ1n) is 6.81. The van der Waals surface area contributed by atoms with Crippen LogP contribution in [0, 0.1) is 34.6 Å². The minimum absolute atomic E-state index is 0.0663. The molecule has 0 amide bonds. The standard InChI is InChI=1S/C18H21NO/c1-10-9-11(2)13(4)17(12(10)3)18(20)15-7-6-8-16(19)14(15)5/h6-9H,19H2,1-5H3. The lowest BCUT2D eigenvalue weighted by atomic mass is 9.88. The predicted molar refractivity (Wildman–Crippen MR) is 84.4 cm³/mol. The first-order chi connectivity index (χ1) is 9.34. The maximum Gasteiger partial charge on any atom is 0.193 e. The number of carbonyl (C=O) groups excluding carboxylic acids is 1. The summed E-state index contributed by atoms with van der Waals surface area (Å²) in [7, 11) is 0. The van der Waals surface area contributed by atoms with Crippen LogP contribution in [-0.2, 0) is 0 Å². The van der Waals surface area contributed by atoms with Crippen LogP contribution in [0.15, 0.2) is 24.3 Å². The Hall–Kier alpha value is -2.09. The Bertz CT molecular complexity index is 673. The number of ketones is 1. The molecule has 0 fully saturated rings. The summed E-state index contributed by atoms with van der Waals surface area (Å²) >= 11 is 0. The molecular weight excluding hydrogens is 246 g/mol. The highest BCUT2D eigenvalue weighted by atomic mass is 16.1. The normalized spacial score (nSPS) is 10.7. The Kier molecular flexibility index (Phi) is 3.67. The molecule has 0 bridgehead atoms. The van der Waals surface area contributed by atoms with Crippen molar-refractivity contribution in [3.8, 4) is 0 Å². The van der Waals surface area contributed by atoms with Gasteiger partial charge in [-0.05, 0) is 68.5 Å². The van der Waals surface area contributed by atoms with Gasteiger partial charge in [0.1, 0.15) is 0 Å². The zero-order valence-corrected chi connectivity index (χ0v) is 12.8. The number of anilines is 1. The first kappa shape index (κ1) is 14.3. The van der Waals surface area contributed by atoms with Crippen LogP contribution in [0.5, 0.6) is 0 Å². The van der Waals surface area contributed by atoms with Crippen molar-refractivity contribution in [1.82, 2.24) is 0 Å². The molecule has 0 saturated heterocycles. The van der Waals surface area contributed by atoms with Crippen LogP contribution >= 0.6 is 0 Å². The molecule has 0 aliphatic heterocycles. The largest absolute Gasteiger partial charge is 0.398 e. The molecule has 2 nitrogen and oxygen atoms in total. The molecule has 0 aliphatic carbocycles. The van der Waals surface area contributed by atoms with Crippen LogP contribution in [-0.4, -0.2) is 5.78 Å². The molecule has 0 aliphatic rings. The molecule has 2 aromatic carbocycles. The second-order valence-corrected chi connectivity index (χ2v) is 5.48. The van der Waals surface area contributed by atoms with Gasteiger partial charge in [0, 0.05) is 16.8 Å². The lowest BCUT2D eigenvalue weighted by molar-refractivity contribution is 0.103. The fraction of sp³-hybridized carbons (Fsp3) is 0.278. The molecule has 0 unspecified atom stereocenters. The third-order valence-electron chi connectivity index (χ3n) is 4.21. The number of rotatable bonds is 2. The smallest absolute Gasteiger partial charge is 0.193 e. The van der Waals surface area contributed by atoms with Gasteiger partial charge >= 0.3 is 0 Å². The highest BCUT2D eigenvalue weighted by Crippen LogP contribution is 2.26. The summed E-state index contributed by atoms with van der Waals surface area (Å²) in [5.74, 6) is 0.0663. The molecule has 2 heteroatoms. The number of benzene rings is 2. The number of aryl methyl sites for hydroxylation is 2. The number of nitrogen functional groups attached to an aromatic ring is 1. The lowest BCUT2D eigenvalue weighted by Crippen LogP contribution is -2.11. The Morgan fingerprint density at radius 1 is 0.900 bits per heavy atom. The number of nitrogens with two attached hydrogens (primary N) is 1. The van der Waals surface area contributed by atoms with Crippen LogP contribution in [0.3, 0.4) is 0 Å². The van der Waals surface area contributed by atoms with Gasteiger partial charge < -0.3 is 5.73 Å². The summed E-state index contributed by atoms with van der Waals surface area (Å²) in [6.07, 6.45) is 0. The summed E-state index contributed by atoms with van der Waals surface area (Å²) < 4.78 is 0. The van der Waals surface area contributed by atoms with Crippen LogP contribution in [0.1, 0.15) is 43.7 Å².